The third-order valence-electron chi connectivity index (χ3n) is 3.19. The van der Waals surface area contributed by atoms with Crippen molar-refractivity contribution in [3.63, 3.8) is 0 Å². The molecule has 0 aromatic heterocycles. The molecule has 3 heteroatoms. The van der Waals surface area contributed by atoms with E-state index >= 15 is 0 Å². The molecule has 1 aromatic carbocycles. The van der Waals surface area contributed by atoms with Crippen LogP contribution in [-0.2, 0) is 6.54 Å². The van der Waals surface area contributed by atoms with Crippen molar-refractivity contribution < 1.29 is 14.4 Å². The van der Waals surface area contributed by atoms with E-state index in [9.17, 15) is 9.50 Å². The highest BCUT2D eigenvalue weighted by atomic mass is 19.1. The first kappa shape index (κ1) is 10.6. The van der Waals surface area contributed by atoms with Gasteiger partial charge >= 0.3 is 0 Å². The van der Waals surface area contributed by atoms with Crippen LogP contribution in [-0.4, -0.2) is 24.3 Å². The minimum absolute atomic E-state index is 0.186. The second-order valence-corrected chi connectivity index (χ2v) is 4.23. The molecule has 1 aromatic rings. The average Bonchev–Trinajstić information content (AvgIpc) is 2.69. The zero-order valence-corrected chi connectivity index (χ0v) is 8.75. The number of likely N-dealkylation sites (tertiary alicyclic amines) is 1. The normalized spacial score (nSPS) is 25.7. The monoisotopic (exact) mass is 210 g/mol. The fourth-order valence-electron chi connectivity index (χ4n) is 2.30. The molecule has 1 heterocycles. The number of aliphatic hydroxyl groups excluding tert-OH is 1. The molecule has 0 spiro atoms. The quantitative estimate of drug-likeness (QED) is 0.740. The highest BCUT2D eigenvalue weighted by molar-refractivity contribution is 5.14. The number of hydrogen-bond donors (Lipinski definition) is 2. The Morgan fingerprint density at radius 1 is 1.33 bits per heavy atom. The van der Waals surface area contributed by atoms with Gasteiger partial charge in [-0.25, -0.2) is 4.39 Å². The highest BCUT2D eigenvalue weighted by Gasteiger charge is 2.27. The molecule has 0 amide bonds. The van der Waals surface area contributed by atoms with E-state index < -0.39 is 0 Å². The second kappa shape index (κ2) is 4.73. The van der Waals surface area contributed by atoms with E-state index in [0.717, 1.165) is 25.1 Å². The number of rotatable bonds is 3. The molecule has 1 aliphatic rings. The summed E-state index contributed by atoms with van der Waals surface area (Å²) in [7, 11) is 0. The molecule has 2 atom stereocenters. The largest absolute Gasteiger partial charge is 0.390 e. The second-order valence-electron chi connectivity index (χ2n) is 4.23. The Bertz CT molecular complexity index is 312. The van der Waals surface area contributed by atoms with Gasteiger partial charge in [0.25, 0.3) is 0 Å². The van der Waals surface area contributed by atoms with Crippen molar-refractivity contribution in [3.8, 4) is 0 Å². The summed E-state index contributed by atoms with van der Waals surface area (Å²) in [5, 5.41) is 9.18. The van der Waals surface area contributed by atoms with Gasteiger partial charge in [-0.2, -0.15) is 0 Å². The van der Waals surface area contributed by atoms with E-state index in [4.69, 9.17) is 0 Å². The maximum Gasteiger partial charge on any atom is 0.123 e. The minimum Gasteiger partial charge on any atom is -0.390 e. The van der Waals surface area contributed by atoms with E-state index in [1.807, 2.05) is 12.1 Å². The predicted octanol–water partition coefficient (Wildman–Crippen LogP) is 0.365. The summed E-state index contributed by atoms with van der Waals surface area (Å²) in [6, 6.07) is 7.02. The Hall–Kier alpha value is -0.930. The number of halogens is 1. The molecule has 0 bridgehead atoms. The molecule has 82 valence electrons. The number of aliphatic hydroxyl groups is 1. The van der Waals surface area contributed by atoms with E-state index in [-0.39, 0.29) is 12.4 Å². The van der Waals surface area contributed by atoms with Crippen molar-refractivity contribution in [2.45, 2.75) is 25.4 Å². The smallest absolute Gasteiger partial charge is 0.123 e. The van der Waals surface area contributed by atoms with Gasteiger partial charge in [0.15, 0.2) is 0 Å². The standard InChI is InChI=1S/C12H16FNO/c13-11-5-3-10(4-6-11)8-14-7-1-2-12(14)9-15/h3-6,12,15H,1-2,7-9H2/p+1/t12-/m0/s1. The molecule has 0 radical (unpaired) electrons. The van der Waals surface area contributed by atoms with E-state index in [2.05, 4.69) is 0 Å². The lowest BCUT2D eigenvalue weighted by atomic mass is 10.2. The van der Waals surface area contributed by atoms with Gasteiger partial charge in [-0.15, -0.1) is 0 Å². The third kappa shape index (κ3) is 2.55. The predicted molar refractivity (Wildman–Crippen MR) is 56.0 cm³/mol. The number of nitrogens with one attached hydrogen (secondary N) is 1. The van der Waals surface area contributed by atoms with E-state index in [0.29, 0.717) is 6.04 Å². The topological polar surface area (TPSA) is 24.7 Å². The van der Waals surface area contributed by atoms with Crippen LogP contribution in [0.2, 0.25) is 0 Å². The maximum atomic E-state index is 12.7. The van der Waals surface area contributed by atoms with Gasteiger partial charge < -0.3 is 10.0 Å². The summed E-state index contributed by atoms with van der Waals surface area (Å²) < 4.78 is 12.7. The number of benzene rings is 1. The molecule has 1 saturated heterocycles. The van der Waals surface area contributed by atoms with Crippen molar-refractivity contribution in [3.05, 3.63) is 35.6 Å². The Morgan fingerprint density at radius 3 is 2.73 bits per heavy atom. The van der Waals surface area contributed by atoms with Crippen LogP contribution >= 0.6 is 0 Å². The summed E-state index contributed by atoms with van der Waals surface area (Å²) >= 11 is 0. The first-order valence-corrected chi connectivity index (χ1v) is 5.49. The maximum absolute atomic E-state index is 12.7. The van der Waals surface area contributed by atoms with Crippen LogP contribution in [0.4, 0.5) is 4.39 Å². The van der Waals surface area contributed by atoms with Crippen LogP contribution < -0.4 is 4.90 Å². The van der Waals surface area contributed by atoms with Crippen LogP contribution in [0.3, 0.4) is 0 Å². The van der Waals surface area contributed by atoms with Crippen LogP contribution in [0, 0.1) is 5.82 Å². The molecule has 15 heavy (non-hydrogen) atoms. The first-order valence-electron chi connectivity index (χ1n) is 5.49. The van der Waals surface area contributed by atoms with Gasteiger partial charge in [-0.3, -0.25) is 0 Å². The Labute approximate surface area is 89.3 Å². The Balaban J connectivity index is 1.99. The number of hydrogen-bond acceptors (Lipinski definition) is 1. The van der Waals surface area contributed by atoms with Gasteiger partial charge in [0, 0.05) is 18.4 Å². The molecule has 0 aliphatic carbocycles. The Morgan fingerprint density at radius 2 is 2.07 bits per heavy atom. The fraction of sp³-hybridized carbons (Fsp3) is 0.500. The summed E-state index contributed by atoms with van der Waals surface area (Å²) in [6.45, 7) is 2.27. The van der Waals surface area contributed by atoms with Crippen molar-refractivity contribution >= 4 is 0 Å². The third-order valence-corrected chi connectivity index (χ3v) is 3.19. The van der Waals surface area contributed by atoms with Gasteiger partial charge in [0.1, 0.15) is 18.4 Å². The summed E-state index contributed by atoms with van der Waals surface area (Å²) in [6.07, 6.45) is 2.29. The SMILES string of the molecule is OC[C@@H]1CCC[NH+]1Cc1ccc(F)cc1. The van der Waals surface area contributed by atoms with Crippen LogP contribution in [0.15, 0.2) is 24.3 Å². The van der Waals surface area contributed by atoms with Crippen molar-refractivity contribution in [2.24, 2.45) is 0 Å². The molecule has 1 unspecified atom stereocenters. The zero-order chi connectivity index (χ0) is 10.7. The lowest BCUT2D eigenvalue weighted by Crippen LogP contribution is -3.12. The summed E-state index contributed by atoms with van der Waals surface area (Å²) in [4.78, 5) is 1.42. The molecule has 0 saturated carbocycles. The van der Waals surface area contributed by atoms with Gasteiger partial charge in [-0.05, 0) is 12.1 Å². The summed E-state index contributed by atoms with van der Waals surface area (Å²) in [5.74, 6) is -0.186. The van der Waals surface area contributed by atoms with Crippen LogP contribution in [0.5, 0.6) is 0 Å². The van der Waals surface area contributed by atoms with Crippen LogP contribution in [0.25, 0.3) is 0 Å². The minimum atomic E-state index is -0.186. The lowest BCUT2D eigenvalue weighted by molar-refractivity contribution is -0.926. The van der Waals surface area contributed by atoms with Gasteiger partial charge in [0.05, 0.1) is 13.2 Å². The van der Waals surface area contributed by atoms with Gasteiger partial charge in [-0.1, -0.05) is 12.1 Å². The summed E-state index contributed by atoms with van der Waals surface area (Å²) in [5.41, 5.74) is 1.15. The molecule has 1 fully saturated rings. The van der Waals surface area contributed by atoms with E-state index in [1.165, 1.54) is 23.5 Å². The molecular weight excluding hydrogens is 193 g/mol. The fourth-order valence-corrected chi connectivity index (χ4v) is 2.30. The highest BCUT2D eigenvalue weighted by Crippen LogP contribution is 2.04. The molecule has 1 aliphatic heterocycles. The van der Waals surface area contributed by atoms with Crippen molar-refractivity contribution in [1.29, 1.82) is 0 Å². The zero-order valence-electron chi connectivity index (χ0n) is 8.75. The van der Waals surface area contributed by atoms with Crippen molar-refractivity contribution in [2.75, 3.05) is 13.2 Å². The van der Waals surface area contributed by atoms with Gasteiger partial charge in [0.2, 0.25) is 0 Å². The molecule has 2 N–H and O–H groups in total. The molecule has 2 nitrogen and oxygen atoms in total. The lowest BCUT2D eigenvalue weighted by Gasteiger charge is -2.19. The van der Waals surface area contributed by atoms with Crippen LogP contribution in [0.1, 0.15) is 18.4 Å². The number of quaternary nitrogens is 1. The molecule has 2 rings (SSSR count). The average molecular weight is 210 g/mol. The first-order chi connectivity index (χ1) is 7.29. The van der Waals surface area contributed by atoms with E-state index in [1.54, 1.807) is 0 Å². The van der Waals surface area contributed by atoms with Crippen molar-refractivity contribution in [1.82, 2.24) is 0 Å². The Kier molecular flexibility index (Phi) is 3.34. The molecular formula is C12H17FNO+.